The minimum Gasteiger partial charge on any atom is -0.337 e. The van der Waals surface area contributed by atoms with Gasteiger partial charge in [-0.25, -0.2) is 4.98 Å². The average molecular weight is 283 g/mol. The number of hydrogen-bond donors (Lipinski definition) is 2. The van der Waals surface area contributed by atoms with Crippen LogP contribution in [0.2, 0.25) is 0 Å². The van der Waals surface area contributed by atoms with Crippen LogP contribution in [0.5, 0.6) is 0 Å². The van der Waals surface area contributed by atoms with Crippen LogP contribution < -0.4 is 5.32 Å². The number of H-pyrrole nitrogens is 1. The molecule has 0 bridgehead atoms. The Morgan fingerprint density at radius 1 is 1.39 bits per heavy atom. The van der Waals surface area contributed by atoms with E-state index in [2.05, 4.69) is 25.5 Å². The summed E-state index contributed by atoms with van der Waals surface area (Å²) in [5.41, 5.74) is 1.98. The molecule has 0 saturated carbocycles. The van der Waals surface area contributed by atoms with Crippen molar-refractivity contribution in [1.82, 2.24) is 20.2 Å². The molecule has 0 radical (unpaired) electrons. The summed E-state index contributed by atoms with van der Waals surface area (Å²) < 4.78 is 0. The number of thioether (sulfide) groups is 1. The normalized spacial score (nSPS) is 10.6. The molecular formula is C10H13N5OS2. The zero-order valence-electron chi connectivity index (χ0n) is 10.3. The van der Waals surface area contributed by atoms with Crippen LogP contribution in [0, 0.1) is 20.8 Å². The summed E-state index contributed by atoms with van der Waals surface area (Å²) in [5.74, 6) is 0.188. The van der Waals surface area contributed by atoms with Gasteiger partial charge < -0.3 is 4.98 Å². The molecule has 0 spiro atoms. The Labute approximate surface area is 113 Å². The van der Waals surface area contributed by atoms with Crippen LogP contribution in [0.15, 0.2) is 5.16 Å². The Bertz CT molecular complexity index is 543. The van der Waals surface area contributed by atoms with E-state index in [-0.39, 0.29) is 5.91 Å². The van der Waals surface area contributed by atoms with Crippen LogP contribution in [0.3, 0.4) is 0 Å². The number of nitrogens with zero attached hydrogens (tertiary/aromatic N) is 3. The fourth-order valence-electron chi connectivity index (χ4n) is 1.22. The number of amides is 1. The standard InChI is InChI=1S/C10H13N5OS2/c1-5-6(2)12-9(11-5)17-4-8(16)13-10-15-14-7(3)18-10/h4H2,1-3H3,(H,11,12)(H,13,15,16). The number of imidazole rings is 1. The second-order valence-electron chi connectivity index (χ2n) is 3.72. The number of carbonyl (C=O) groups excluding carboxylic acids is 1. The van der Waals surface area contributed by atoms with Crippen molar-refractivity contribution >= 4 is 34.1 Å². The molecule has 1 amide bonds. The van der Waals surface area contributed by atoms with E-state index in [1.807, 2.05) is 20.8 Å². The highest BCUT2D eigenvalue weighted by atomic mass is 32.2. The quantitative estimate of drug-likeness (QED) is 0.837. The number of aryl methyl sites for hydroxylation is 3. The fourth-order valence-corrected chi connectivity index (χ4v) is 2.59. The van der Waals surface area contributed by atoms with Gasteiger partial charge in [0.15, 0.2) is 5.16 Å². The lowest BCUT2D eigenvalue weighted by atomic mass is 10.4. The lowest BCUT2D eigenvalue weighted by Crippen LogP contribution is -2.13. The summed E-state index contributed by atoms with van der Waals surface area (Å²) in [6.45, 7) is 5.73. The molecule has 18 heavy (non-hydrogen) atoms. The van der Waals surface area contributed by atoms with Crippen LogP contribution in [0.25, 0.3) is 0 Å². The predicted molar refractivity (Wildman–Crippen MR) is 72.1 cm³/mol. The first kappa shape index (κ1) is 13.0. The van der Waals surface area contributed by atoms with Gasteiger partial charge in [0.1, 0.15) is 5.01 Å². The van der Waals surface area contributed by atoms with Crippen LogP contribution >= 0.6 is 23.1 Å². The molecular weight excluding hydrogens is 270 g/mol. The number of hydrogen-bond acceptors (Lipinski definition) is 6. The smallest absolute Gasteiger partial charge is 0.236 e. The summed E-state index contributed by atoms with van der Waals surface area (Å²) in [6, 6.07) is 0. The summed E-state index contributed by atoms with van der Waals surface area (Å²) >= 11 is 2.72. The van der Waals surface area contributed by atoms with Crippen molar-refractivity contribution in [3.63, 3.8) is 0 Å². The topological polar surface area (TPSA) is 83.6 Å². The third-order valence-electron chi connectivity index (χ3n) is 2.22. The lowest BCUT2D eigenvalue weighted by molar-refractivity contribution is -0.113. The molecule has 2 aromatic rings. The van der Waals surface area contributed by atoms with Crippen molar-refractivity contribution in [3.8, 4) is 0 Å². The van der Waals surface area contributed by atoms with E-state index in [9.17, 15) is 4.79 Å². The Kier molecular flexibility index (Phi) is 3.97. The van der Waals surface area contributed by atoms with Crippen molar-refractivity contribution in [2.24, 2.45) is 0 Å². The SMILES string of the molecule is Cc1nnc(NC(=O)CSc2nc(C)c(C)[nH]2)s1. The van der Waals surface area contributed by atoms with Crippen molar-refractivity contribution < 1.29 is 4.79 Å². The van der Waals surface area contributed by atoms with Crippen molar-refractivity contribution in [1.29, 1.82) is 0 Å². The highest BCUT2D eigenvalue weighted by molar-refractivity contribution is 7.99. The number of aromatic amines is 1. The largest absolute Gasteiger partial charge is 0.337 e. The van der Waals surface area contributed by atoms with Gasteiger partial charge >= 0.3 is 0 Å². The maximum Gasteiger partial charge on any atom is 0.236 e. The number of nitrogens with one attached hydrogen (secondary N) is 2. The van der Waals surface area contributed by atoms with Crippen LogP contribution in [-0.2, 0) is 4.79 Å². The minimum atomic E-state index is -0.108. The van der Waals surface area contributed by atoms with Crippen molar-refractivity contribution in [2.75, 3.05) is 11.1 Å². The molecule has 0 aliphatic carbocycles. The molecule has 2 rings (SSSR count). The van der Waals surface area contributed by atoms with E-state index in [0.29, 0.717) is 10.9 Å². The molecule has 0 aliphatic heterocycles. The van der Waals surface area contributed by atoms with Gasteiger partial charge in [-0.15, -0.1) is 10.2 Å². The number of rotatable bonds is 4. The minimum absolute atomic E-state index is 0.108. The molecule has 0 atom stereocenters. The maximum atomic E-state index is 11.7. The molecule has 0 fully saturated rings. The van der Waals surface area contributed by atoms with E-state index < -0.39 is 0 Å². The second kappa shape index (κ2) is 5.49. The Morgan fingerprint density at radius 3 is 2.72 bits per heavy atom. The Balaban J connectivity index is 1.85. The maximum absolute atomic E-state index is 11.7. The molecule has 8 heteroatoms. The first-order valence-corrected chi connectivity index (χ1v) is 7.11. The summed E-state index contributed by atoms with van der Waals surface area (Å²) in [7, 11) is 0. The zero-order chi connectivity index (χ0) is 13.1. The van der Waals surface area contributed by atoms with Gasteiger partial charge in [0.2, 0.25) is 11.0 Å². The molecule has 6 nitrogen and oxygen atoms in total. The van der Waals surface area contributed by atoms with Gasteiger partial charge in [-0.3, -0.25) is 10.1 Å². The molecule has 2 aromatic heterocycles. The second-order valence-corrected chi connectivity index (χ2v) is 5.86. The molecule has 2 heterocycles. The highest BCUT2D eigenvalue weighted by Crippen LogP contribution is 2.18. The molecule has 0 aromatic carbocycles. The zero-order valence-corrected chi connectivity index (χ0v) is 11.9. The number of carbonyl (C=O) groups is 1. The van der Waals surface area contributed by atoms with Crippen molar-refractivity contribution in [3.05, 3.63) is 16.4 Å². The van der Waals surface area contributed by atoms with E-state index in [1.54, 1.807) is 0 Å². The number of anilines is 1. The molecule has 0 aliphatic rings. The first-order valence-electron chi connectivity index (χ1n) is 5.30. The third kappa shape index (κ3) is 3.30. The van der Waals surface area contributed by atoms with Gasteiger partial charge in [-0.2, -0.15) is 0 Å². The van der Waals surface area contributed by atoms with Gasteiger partial charge in [0.05, 0.1) is 11.4 Å². The molecule has 0 unspecified atom stereocenters. The van der Waals surface area contributed by atoms with Gasteiger partial charge in [-0.1, -0.05) is 23.1 Å². The monoisotopic (exact) mass is 283 g/mol. The van der Waals surface area contributed by atoms with E-state index in [0.717, 1.165) is 21.6 Å². The molecule has 0 saturated heterocycles. The molecule has 96 valence electrons. The van der Waals surface area contributed by atoms with E-state index >= 15 is 0 Å². The van der Waals surface area contributed by atoms with Gasteiger partial charge in [0.25, 0.3) is 0 Å². The lowest BCUT2D eigenvalue weighted by Gasteiger charge is -1.98. The summed E-state index contributed by atoms with van der Waals surface area (Å²) in [4.78, 5) is 19.1. The number of aromatic nitrogens is 4. The van der Waals surface area contributed by atoms with Crippen LogP contribution in [0.4, 0.5) is 5.13 Å². The summed E-state index contributed by atoms with van der Waals surface area (Å²) in [6.07, 6.45) is 0. The molecule has 2 N–H and O–H groups in total. The predicted octanol–water partition coefficient (Wildman–Crippen LogP) is 1.92. The highest BCUT2D eigenvalue weighted by Gasteiger charge is 2.09. The Morgan fingerprint density at radius 2 is 2.17 bits per heavy atom. The van der Waals surface area contributed by atoms with E-state index in [1.165, 1.54) is 23.1 Å². The Hall–Kier alpha value is -1.41. The van der Waals surface area contributed by atoms with Gasteiger partial charge in [-0.05, 0) is 20.8 Å². The van der Waals surface area contributed by atoms with Gasteiger partial charge in [0, 0.05) is 5.69 Å². The first-order chi connectivity index (χ1) is 8.54. The third-order valence-corrected chi connectivity index (χ3v) is 3.85. The summed E-state index contributed by atoms with van der Waals surface area (Å²) in [5, 5.41) is 12.5. The van der Waals surface area contributed by atoms with Crippen LogP contribution in [-0.4, -0.2) is 31.8 Å². The van der Waals surface area contributed by atoms with Crippen molar-refractivity contribution in [2.45, 2.75) is 25.9 Å². The van der Waals surface area contributed by atoms with Crippen LogP contribution in [0.1, 0.15) is 16.4 Å². The fraction of sp³-hybridized carbons (Fsp3) is 0.400. The average Bonchev–Trinajstić information content (AvgIpc) is 2.84. The van der Waals surface area contributed by atoms with E-state index in [4.69, 9.17) is 0 Å².